The number of aryl methyl sites for hydroxylation is 1. The first-order chi connectivity index (χ1) is 10.2. The van der Waals surface area contributed by atoms with E-state index in [0.29, 0.717) is 6.61 Å². The Kier molecular flexibility index (Phi) is 5.41. The maximum absolute atomic E-state index is 5.35. The Hall–Kier alpha value is -1.79. The van der Waals surface area contributed by atoms with Gasteiger partial charge in [0.25, 0.3) is 0 Å². The van der Waals surface area contributed by atoms with E-state index in [1.165, 1.54) is 0 Å². The predicted octanol–water partition coefficient (Wildman–Crippen LogP) is 3.19. The molecule has 0 amide bonds. The Balaban J connectivity index is 2.25. The summed E-state index contributed by atoms with van der Waals surface area (Å²) in [5.41, 5.74) is 2.06. The lowest BCUT2D eigenvalue weighted by atomic mass is 10.1. The standard InChI is InChI=1S/C15H20N2O3S/c1-10-14(21-15(17-10)16-7-8-18-2)11-5-6-12(19-3)13(9-11)20-4/h5-6,9H,7-8H2,1-4H3,(H,16,17). The number of methoxy groups -OCH3 is 3. The number of benzene rings is 1. The molecule has 0 atom stereocenters. The zero-order valence-electron chi connectivity index (χ0n) is 12.7. The number of nitrogens with zero attached hydrogens (tertiary/aromatic N) is 1. The summed E-state index contributed by atoms with van der Waals surface area (Å²) in [5.74, 6) is 1.44. The molecule has 0 fully saturated rings. The van der Waals surface area contributed by atoms with Gasteiger partial charge in [0, 0.05) is 13.7 Å². The molecule has 0 aliphatic carbocycles. The summed E-state index contributed by atoms with van der Waals surface area (Å²) in [6.07, 6.45) is 0. The van der Waals surface area contributed by atoms with E-state index in [1.807, 2.05) is 25.1 Å². The van der Waals surface area contributed by atoms with Gasteiger partial charge < -0.3 is 19.5 Å². The Morgan fingerprint density at radius 2 is 1.90 bits per heavy atom. The quantitative estimate of drug-likeness (QED) is 0.796. The molecule has 0 bridgehead atoms. The maximum atomic E-state index is 5.35. The highest BCUT2D eigenvalue weighted by atomic mass is 32.1. The monoisotopic (exact) mass is 308 g/mol. The fraction of sp³-hybridized carbons (Fsp3) is 0.400. The lowest BCUT2D eigenvalue weighted by Crippen LogP contribution is -2.06. The fourth-order valence-corrected chi connectivity index (χ4v) is 2.97. The van der Waals surface area contributed by atoms with Gasteiger partial charge in [-0.3, -0.25) is 0 Å². The van der Waals surface area contributed by atoms with E-state index in [-0.39, 0.29) is 0 Å². The minimum Gasteiger partial charge on any atom is -0.493 e. The molecule has 1 aromatic heterocycles. The van der Waals surface area contributed by atoms with Gasteiger partial charge in [0.2, 0.25) is 0 Å². The molecule has 21 heavy (non-hydrogen) atoms. The van der Waals surface area contributed by atoms with Gasteiger partial charge in [0.1, 0.15) is 0 Å². The predicted molar refractivity (Wildman–Crippen MR) is 85.8 cm³/mol. The van der Waals surface area contributed by atoms with Crippen LogP contribution >= 0.6 is 11.3 Å². The zero-order chi connectivity index (χ0) is 15.2. The first-order valence-corrected chi connectivity index (χ1v) is 7.44. The van der Waals surface area contributed by atoms with E-state index < -0.39 is 0 Å². The van der Waals surface area contributed by atoms with Gasteiger partial charge in [-0.25, -0.2) is 4.98 Å². The van der Waals surface area contributed by atoms with Gasteiger partial charge in [-0.05, 0) is 30.7 Å². The van der Waals surface area contributed by atoms with Crippen LogP contribution in [0.4, 0.5) is 5.13 Å². The number of anilines is 1. The zero-order valence-corrected chi connectivity index (χ0v) is 13.5. The average molecular weight is 308 g/mol. The Bertz CT molecular complexity index is 599. The van der Waals surface area contributed by atoms with Crippen molar-refractivity contribution in [2.75, 3.05) is 39.8 Å². The minimum atomic E-state index is 0.657. The van der Waals surface area contributed by atoms with Crippen molar-refractivity contribution >= 4 is 16.5 Å². The van der Waals surface area contributed by atoms with Crippen molar-refractivity contribution in [3.63, 3.8) is 0 Å². The first kappa shape index (κ1) is 15.6. The molecule has 0 saturated carbocycles. The third-order valence-electron chi connectivity index (χ3n) is 3.02. The van der Waals surface area contributed by atoms with Gasteiger partial charge in [-0.1, -0.05) is 11.3 Å². The van der Waals surface area contributed by atoms with Crippen LogP contribution in [0.2, 0.25) is 0 Å². The van der Waals surface area contributed by atoms with Crippen LogP contribution in [0.25, 0.3) is 10.4 Å². The summed E-state index contributed by atoms with van der Waals surface area (Å²) in [7, 11) is 4.95. The summed E-state index contributed by atoms with van der Waals surface area (Å²) in [6, 6.07) is 5.89. The number of nitrogens with one attached hydrogen (secondary N) is 1. The van der Waals surface area contributed by atoms with Crippen LogP contribution in [0.1, 0.15) is 5.69 Å². The smallest absolute Gasteiger partial charge is 0.183 e. The highest BCUT2D eigenvalue weighted by molar-refractivity contribution is 7.19. The van der Waals surface area contributed by atoms with Crippen molar-refractivity contribution < 1.29 is 14.2 Å². The van der Waals surface area contributed by atoms with E-state index in [1.54, 1.807) is 32.7 Å². The molecule has 0 aliphatic rings. The lowest BCUT2D eigenvalue weighted by molar-refractivity contribution is 0.211. The van der Waals surface area contributed by atoms with E-state index in [9.17, 15) is 0 Å². The largest absolute Gasteiger partial charge is 0.493 e. The number of thiazole rings is 1. The number of hydrogen-bond donors (Lipinski definition) is 1. The van der Waals surface area contributed by atoms with E-state index in [0.717, 1.165) is 39.3 Å². The summed E-state index contributed by atoms with van der Waals surface area (Å²) in [4.78, 5) is 5.66. The molecule has 0 saturated heterocycles. The van der Waals surface area contributed by atoms with Crippen molar-refractivity contribution in [3.8, 4) is 21.9 Å². The summed E-state index contributed by atoms with van der Waals surface area (Å²) < 4.78 is 15.6. The molecule has 0 aliphatic heterocycles. The van der Waals surface area contributed by atoms with Gasteiger partial charge in [0.15, 0.2) is 16.6 Å². The van der Waals surface area contributed by atoms with Crippen LogP contribution < -0.4 is 14.8 Å². The van der Waals surface area contributed by atoms with Gasteiger partial charge in [-0.2, -0.15) is 0 Å². The maximum Gasteiger partial charge on any atom is 0.183 e. The second-order valence-corrected chi connectivity index (χ2v) is 5.42. The van der Waals surface area contributed by atoms with Crippen LogP contribution in [0, 0.1) is 6.92 Å². The molecule has 0 radical (unpaired) electrons. The van der Waals surface area contributed by atoms with Gasteiger partial charge in [-0.15, -0.1) is 0 Å². The molecule has 6 heteroatoms. The average Bonchev–Trinajstić information content (AvgIpc) is 2.87. The molecule has 2 aromatic rings. The minimum absolute atomic E-state index is 0.657. The van der Waals surface area contributed by atoms with Crippen LogP contribution in [0.3, 0.4) is 0 Å². The molecule has 2 rings (SSSR count). The number of rotatable bonds is 7. The molecular formula is C15H20N2O3S. The highest BCUT2D eigenvalue weighted by Gasteiger charge is 2.12. The SMILES string of the molecule is COCCNc1nc(C)c(-c2ccc(OC)c(OC)c2)s1. The van der Waals surface area contributed by atoms with Crippen LogP contribution in [0.5, 0.6) is 11.5 Å². The summed E-state index contributed by atoms with van der Waals surface area (Å²) >= 11 is 1.62. The Morgan fingerprint density at radius 1 is 1.14 bits per heavy atom. The Morgan fingerprint density at radius 3 is 2.57 bits per heavy atom. The van der Waals surface area contributed by atoms with Crippen LogP contribution in [0.15, 0.2) is 18.2 Å². The lowest BCUT2D eigenvalue weighted by Gasteiger charge is -2.08. The molecule has 114 valence electrons. The van der Waals surface area contributed by atoms with Crippen LogP contribution in [-0.4, -0.2) is 39.5 Å². The van der Waals surface area contributed by atoms with Gasteiger partial charge in [0.05, 0.1) is 31.4 Å². The number of hydrogen-bond acceptors (Lipinski definition) is 6. The van der Waals surface area contributed by atoms with Crippen molar-refractivity contribution in [2.24, 2.45) is 0 Å². The van der Waals surface area contributed by atoms with Gasteiger partial charge >= 0.3 is 0 Å². The third kappa shape index (κ3) is 3.65. The van der Waals surface area contributed by atoms with E-state index >= 15 is 0 Å². The van der Waals surface area contributed by atoms with Crippen molar-refractivity contribution in [3.05, 3.63) is 23.9 Å². The molecule has 1 N–H and O–H groups in total. The van der Waals surface area contributed by atoms with E-state index in [4.69, 9.17) is 14.2 Å². The van der Waals surface area contributed by atoms with Crippen molar-refractivity contribution in [1.82, 2.24) is 4.98 Å². The second-order valence-electron chi connectivity index (χ2n) is 4.42. The highest BCUT2D eigenvalue weighted by Crippen LogP contribution is 2.37. The number of aromatic nitrogens is 1. The normalized spacial score (nSPS) is 10.5. The first-order valence-electron chi connectivity index (χ1n) is 6.62. The molecule has 1 aromatic carbocycles. The second kappa shape index (κ2) is 7.28. The fourth-order valence-electron chi connectivity index (χ4n) is 1.98. The topological polar surface area (TPSA) is 52.6 Å². The summed E-state index contributed by atoms with van der Waals surface area (Å²) in [5, 5.41) is 4.15. The molecule has 5 nitrogen and oxygen atoms in total. The van der Waals surface area contributed by atoms with Crippen LogP contribution in [-0.2, 0) is 4.74 Å². The molecule has 1 heterocycles. The Labute approximate surface area is 128 Å². The van der Waals surface area contributed by atoms with Crippen molar-refractivity contribution in [2.45, 2.75) is 6.92 Å². The molecule has 0 unspecified atom stereocenters. The van der Waals surface area contributed by atoms with Crippen molar-refractivity contribution in [1.29, 1.82) is 0 Å². The molecular weight excluding hydrogens is 288 g/mol. The summed E-state index contributed by atoms with van der Waals surface area (Å²) in [6.45, 7) is 3.41. The van der Waals surface area contributed by atoms with E-state index in [2.05, 4.69) is 10.3 Å². The molecule has 0 spiro atoms. The third-order valence-corrected chi connectivity index (χ3v) is 4.19. The number of ether oxygens (including phenoxy) is 3.